The number of aromatic nitrogens is 1. The number of rotatable bonds is 5. The molecule has 3 rings (SSSR count). The van der Waals surface area contributed by atoms with Gasteiger partial charge >= 0.3 is 5.97 Å². The van der Waals surface area contributed by atoms with Crippen molar-refractivity contribution in [1.29, 1.82) is 0 Å². The van der Waals surface area contributed by atoms with Crippen LogP contribution in [0.1, 0.15) is 23.5 Å². The Morgan fingerprint density at radius 3 is 2.71 bits per heavy atom. The highest BCUT2D eigenvalue weighted by atomic mass is 32.1. The Labute approximate surface area is 147 Å². The number of nitrogens with one attached hydrogen (secondary N) is 1. The molecule has 1 amide bonds. The molecule has 0 aliphatic carbocycles. The van der Waals surface area contributed by atoms with Gasteiger partial charge in [0.25, 0.3) is 5.91 Å². The third kappa shape index (κ3) is 3.80. The molecular weight excluding hydrogens is 344 g/mol. The Morgan fingerprint density at radius 1 is 1.17 bits per heavy atom. The lowest BCUT2D eigenvalue weighted by molar-refractivity contribution is -0.124. The van der Waals surface area contributed by atoms with Crippen molar-refractivity contribution in [3.63, 3.8) is 0 Å². The van der Waals surface area contributed by atoms with Crippen molar-refractivity contribution < 1.29 is 14.3 Å². The minimum absolute atomic E-state index is 0.0172. The number of thiazole rings is 1. The molecule has 0 radical (unpaired) electrons. The summed E-state index contributed by atoms with van der Waals surface area (Å²) in [5, 5.41) is 3.55. The lowest BCUT2D eigenvalue weighted by Crippen LogP contribution is -2.33. The molecule has 0 saturated carbocycles. The minimum atomic E-state index is -0.494. The zero-order valence-electron chi connectivity index (χ0n) is 13.2. The average molecular weight is 360 g/mol. The summed E-state index contributed by atoms with van der Waals surface area (Å²) in [5.41, 5.74) is 0.945. The minimum Gasteiger partial charge on any atom is -0.451 e. The summed E-state index contributed by atoms with van der Waals surface area (Å²) >= 11 is 2.90. The fourth-order valence-electron chi connectivity index (χ4n) is 2.11. The van der Waals surface area contributed by atoms with Crippen LogP contribution in [0.3, 0.4) is 0 Å². The Kier molecular flexibility index (Phi) is 4.92. The first kappa shape index (κ1) is 16.6. The van der Waals surface area contributed by atoms with Crippen LogP contribution < -0.4 is 5.32 Å². The van der Waals surface area contributed by atoms with Crippen LogP contribution in [0.15, 0.2) is 36.4 Å². The Bertz CT molecular complexity index is 850. The number of fused-ring (bicyclic) bond motifs is 1. The summed E-state index contributed by atoms with van der Waals surface area (Å²) < 4.78 is 6.15. The predicted molar refractivity (Wildman–Crippen MR) is 96.5 cm³/mol. The maximum absolute atomic E-state index is 12.0. The quantitative estimate of drug-likeness (QED) is 0.704. The molecule has 1 aromatic carbocycles. The van der Waals surface area contributed by atoms with E-state index >= 15 is 0 Å². The zero-order valence-corrected chi connectivity index (χ0v) is 14.9. The lowest BCUT2D eigenvalue weighted by atomic mass is 10.3. The van der Waals surface area contributed by atoms with E-state index in [2.05, 4.69) is 10.3 Å². The number of carbonyl (C=O) groups excluding carboxylic acids is 2. The molecule has 0 bridgehead atoms. The van der Waals surface area contributed by atoms with E-state index in [0.29, 0.717) is 4.88 Å². The SMILES string of the molecule is CC(C)NC(=O)COC(=O)c1ccc(-c2nc3ccccc3s2)s1. The number of carbonyl (C=O) groups is 2. The van der Waals surface area contributed by atoms with E-state index in [-0.39, 0.29) is 18.6 Å². The van der Waals surface area contributed by atoms with Crippen molar-refractivity contribution in [3.8, 4) is 9.88 Å². The van der Waals surface area contributed by atoms with Crippen LogP contribution in [0.4, 0.5) is 0 Å². The first-order chi connectivity index (χ1) is 11.5. The van der Waals surface area contributed by atoms with Crippen LogP contribution in [0, 0.1) is 0 Å². The van der Waals surface area contributed by atoms with Gasteiger partial charge in [0, 0.05) is 6.04 Å². The van der Waals surface area contributed by atoms with E-state index in [1.54, 1.807) is 17.4 Å². The summed E-state index contributed by atoms with van der Waals surface area (Å²) in [6.45, 7) is 3.43. The van der Waals surface area contributed by atoms with Gasteiger partial charge < -0.3 is 10.1 Å². The third-order valence-corrected chi connectivity index (χ3v) is 5.37. The summed E-state index contributed by atoms with van der Waals surface area (Å²) in [5.74, 6) is -0.799. The number of thiophene rings is 1. The van der Waals surface area contributed by atoms with Crippen molar-refractivity contribution in [2.75, 3.05) is 6.61 Å². The van der Waals surface area contributed by atoms with Gasteiger partial charge in [-0.2, -0.15) is 0 Å². The Hall–Kier alpha value is -2.25. The molecule has 3 aromatic rings. The van der Waals surface area contributed by atoms with E-state index in [9.17, 15) is 9.59 Å². The summed E-state index contributed by atoms with van der Waals surface area (Å²) in [6, 6.07) is 11.5. The summed E-state index contributed by atoms with van der Waals surface area (Å²) in [6.07, 6.45) is 0. The number of nitrogens with zero attached hydrogens (tertiary/aromatic N) is 1. The lowest BCUT2D eigenvalue weighted by Gasteiger charge is -2.08. The fourth-order valence-corrected chi connectivity index (χ4v) is 4.03. The maximum atomic E-state index is 12.0. The Morgan fingerprint density at radius 2 is 1.96 bits per heavy atom. The number of amides is 1. The van der Waals surface area contributed by atoms with Crippen molar-refractivity contribution >= 4 is 44.8 Å². The molecule has 0 aliphatic rings. The van der Waals surface area contributed by atoms with E-state index in [1.807, 2.05) is 44.2 Å². The smallest absolute Gasteiger partial charge is 0.348 e. The first-order valence-corrected chi connectivity index (χ1v) is 9.08. The van der Waals surface area contributed by atoms with E-state index in [0.717, 1.165) is 20.1 Å². The molecule has 5 nitrogen and oxygen atoms in total. The number of benzene rings is 1. The molecule has 2 heterocycles. The van der Waals surface area contributed by atoms with Gasteiger partial charge in [-0.05, 0) is 38.1 Å². The van der Waals surface area contributed by atoms with Gasteiger partial charge in [0.05, 0.1) is 15.1 Å². The van der Waals surface area contributed by atoms with Crippen LogP contribution in [0.2, 0.25) is 0 Å². The van der Waals surface area contributed by atoms with Gasteiger partial charge in [0.2, 0.25) is 0 Å². The molecule has 1 N–H and O–H groups in total. The van der Waals surface area contributed by atoms with Crippen molar-refractivity contribution in [1.82, 2.24) is 10.3 Å². The molecule has 2 aromatic heterocycles. The predicted octanol–water partition coefficient (Wildman–Crippen LogP) is 3.71. The van der Waals surface area contributed by atoms with E-state index < -0.39 is 5.97 Å². The maximum Gasteiger partial charge on any atom is 0.348 e. The standard InChI is InChI=1S/C17H16N2O3S2/c1-10(2)18-15(20)9-22-17(21)14-8-7-13(23-14)16-19-11-5-3-4-6-12(11)24-16/h3-8,10H,9H2,1-2H3,(H,18,20). The highest BCUT2D eigenvalue weighted by Gasteiger charge is 2.15. The number of hydrogen-bond acceptors (Lipinski definition) is 6. The number of ether oxygens (including phenoxy) is 1. The summed E-state index contributed by atoms with van der Waals surface area (Å²) in [4.78, 5) is 29.5. The molecule has 0 saturated heterocycles. The van der Waals surface area contributed by atoms with E-state index in [1.165, 1.54) is 11.3 Å². The molecule has 24 heavy (non-hydrogen) atoms. The van der Waals surface area contributed by atoms with Gasteiger partial charge in [0.15, 0.2) is 6.61 Å². The molecule has 7 heteroatoms. The largest absolute Gasteiger partial charge is 0.451 e. The zero-order chi connectivity index (χ0) is 17.1. The molecular formula is C17H16N2O3S2. The van der Waals surface area contributed by atoms with Gasteiger partial charge in [-0.25, -0.2) is 9.78 Å². The fraction of sp³-hybridized carbons (Fsp3) is 0.235. The summed E-state index contributed by atoms with van der Waals surface area (Å²) in [7, 11) is 0. The number of esters is 1. The van der Waals surface area contributed by atoms with E-state index in [4.69, 9.17) is 4.74 Å². The molecule has 0 spiro atoms. The first-order valence-electron chi connectivity index (χ1n) is 7.45. The third-order valence-electron chi connectivity index (χ3n) is 3.10. The van der Waals surface area contributed by atoms with Crippen molar-refractivity contribution in [2.45, 2.75) is 19.9 Å². The topological polar surface area (TPSA) is 68.3 Å². The number of para-hydroxylation sites is 1. The second-order valence-corrected chi connectivity index (χ2v) is 7.56. The molecule has 124 valence electrons. The van der Waals surface area contributed by atoms with Crippen LogP contribution in [0.25, 0.3) is 20.1 Å². The Balaban J connectivity index is 1.68. The molecule has 0 aliphatic heterocycles. The molecule has 0 unspecified atom stereocenters. The highest BCUT2D eigenvalue weighted by Crippen LogP contribution is 2.34. The second kappa shape index (κ2) is 7.11. The van der Waals surface area contributed by atoms with Crippen molar-refractivity contribution in [2.24, 2.45) is 0 Å². The van der Waals surface area contributed by atoms with Crippen LogP contribution in [0.5, 0.6) is 0 Å². The van der Waals surface area contributed by atoms with Crippen LogP contribution >= 0.6 is 22.7 Å². The van der Waals surface area contributed by atoms with Gasteiger partial charge in [-0.15, -0.1) is 22.7 Å². The highest BCUT2D eigenvalue weighted by molar-refractivity contribution is 7.26. The normalized spacial score (nSPS) is 11.0. The van der Waals surface area contributed by atoms with Gasteiger partial charge in [0.1, 0.15) is 9.88 Å². The average Bonchev–Trinajstić information content (AvgIpc) is 3.18. The monoisotopic (exact) mass is 360 g/mol. The van der Waals surface area contributed by atoms with Crippen LogP contribution in [-0.2, 0) is 9.53 Å². The number of hydrogen-bond donors (Lipinski definition) is 1. The van der Waals surface area contributed by atoms with Gasteiger partial charge in [-0.3, -0.25) is 4.79 Å². The molecule has 0 fully saturated rings. The molecule has 0 atom stereocenters. The second-order valence-electron chi connectivity index (χ2n) is 5.45. The van der Waals surface area contributed by atoms with Gasteiger partial charge in [-0.1, -0.05) is 12.1 Å². The van der Waals surface area contributed by atoms with Crippen LogP contribution in [-0.4, -0.2) is 29.5 Å². The van der Waals surface area contributed by atoms with Crippen molar-refractivity contribution in [3.05, 3.63) is 41.3 Å².